The number of nitrogens with zero attached hydrogens (tertiary/aromatic N) is 1. The highest BCUT2D eigenvalue weighted by molar-refractivity contribution is 4.59. The molecule has 0 aromatic carbocycles. The fourth-order valence-electron chi connectivity index (χ4n) is 1.25. The van der Waals surface area contributed by atoms with E-state index in [0.717, 1.165) is 26.1 Å². The van der Waals surface area contributed by atoms with Crippen LogP contribution in [0.1, 0.15) is 20.3 Å². The van der Waals surface area contributed by atoms with Gasteiger partial charge in [0.2, 0.25) is 0 Å². The van der Waals surface area contributed by atoms with Crippen molar-refractivity contribution in [3.05, 3.63) is 0 Å². The zero-order chi connectivity index (χ0) is 9.40. The Kier molecular flexibility index (Phi) is 7.45. The monoisotopic (exact) mass is 175 g/mol. The van der Waals surface area contributed by atoms with Gasteiger partial charge in [-0.2, -0.15) is 0 Å². The number of hydrogen-bond acceptors (Lipinski definition) is 3. The summed E-state index contributed by atoms with van der Waals surface area (Å²) in [5, 5.41) is 17.4. The molecule has 0 aliphatic rings. The summed E-state index contributed by atoms with van der Waals surface area (Å²) in [6.45, 7) is 7.36. The zero-order valence-corrected chi connectivity index (χ0v) is 8.16. The van der Waals surface area contributed by atoms with Crippen LogP contribution in [-0.2, 0) is 0 Å². The SMILES string of the molecule is CC(C)CN(CCO)CCCO. The summed E-state index contributed by atoms with van der Waals surface area (Å²) in [6.07, 6.45) is 0.798. The van der Waals surface area contributed by atoms with Gasteiger partial charge in [0.25, 0.3) is 0 Å². The summed E-state index contributed by atoms with van der Waals surface area (Å²) < 4.78 is 0. The third-order valence-corrected chi connectivity index (χ3v) is 1.67. The molecule has 0 rings (SSSR count). The van der Waals surface area contributed by atoms with Crippen molar-refractivity contribution in [2.45, 2.75) is 20.3 Å². The number of hydrogen-bond donors (Lipinski definition) is 2. The van der Waals surface area contributed by atoms with Gasteiger partial charge in [-0.05, 0) is 12.3 Å². The molecule has 0 amide bonds. The molecule has 3 heteroatoms. The van der Waals surface area contributed by atoms with Crippen molar-refractivity contribution in [1.82, 2.24) is 4.90 Å². The lowest BCUT2D eigenvalue weighted by Gasteiger charge is -2.22. The average Bonchev–Trinajstić information content (AvgIpc) is 2.00. The first-order valence-corrected chi connectivity index (χ1v) is 4.64. The minimum Gasteiger partial charge on any atom is -0.396 e. The fourth-order valence-corrected chi connectivity index (χ4v) is 1.25. The molecule has 3 nitrogen and oxygen atoms in total. The van der Waals surface area contributed by atoms with Crippen LogP contribution >= 0.6 is 0 Å². The zero-order valence-electron chi connectivity index (χ0n) is 8.16. The van der Waals surface area contributed by atoms with Gasteiger partial charge in [0.05, 0.1) is 6.61 Å². The molecule has 0 aliphatic heterocycles. The van der Waals surface area contributed by atoms with Crippen molar-refractivity contribution >= 4 is 0 Å². The predicted octanol–water partition coefficient (Wildman–Crippen LogP) is 0.319. The average molecular weight is 175 g/mol. The summed E-state index contributed by atoms with van der Waals surface area (Å²) in [5.41, 5.74) is 0. The van der Waals surface area contributed by atoms with E-state index in [1.54, 1.807) is 0 Å². The van der Waals surface area contributed by atoms with Gasteiger partial charge >= 0.3 is 0 Å². The highest BCUT2D eigenvalue weighted by Crippen LogP contribution is 1.98. The second kappa shape index (κ2) is 7.53. The number of rotatable bonds is 7. The van der Waals surface area contributed by atoms with Gasteiger partial charge in [-0.3, -0.25) is 0 Å². The van der Waals surface area contributed by atoms with Crippen LogP contribution in [0.15, 0.2) is 0 Å². The van der Waals surface area contributed by atoms with E-state index in [1.807, 2.05) is 0 Å². The minimum atomic E-state index is 0.206. The van der Waals surface area contributed by atoms with Crippen molar-refractivity contribution < 1.29 is 10.2 Å². The molecule has 0 fully saturated rings. The Morgan fingerprint density at radius 2 is 1.75 bits per heavy atom. The molecule has 0 aromatic heterocycles. The highest BCUT2D eigenvalue weighted by atomic mass is 16.3. The minimum absolute atomic E-state index is 0.206. The van der Waals surface area contributed by atoms with Crippen molar-refractivity contribution in [2.24, 2.45) is 5.92 Å². The first kappa shape index (κ1) is 11.9. The molecule has 0 aliphatic carbocycles. The fraction of sp³-hybridized carbons (Fsp3) is 1.00. The Morgan fingerprint density at radius 3 is 2.17 bits per heavy atom. The maximum Gasteiger partial charge on any atom is 0.0558 e. The summed E-state index contributed by atoms with van der Waals surface area (Å²) in [6, 6.07) is 0. The smallest absolute Gasteiger partial charge is 0.0558 e. The molecule has 12 heavy (non-hydrogen) atoms. The highest BCUT2D eigenvalue weighted by Gasteiger charge is 2.05. The lowest BCUT2D eigenvalue weighted by molar-refractivity contribution is 0.167. The third kappa shape index (κ3) is 6.58. The molecule has 0 heterocycles. The van der Waals surface area contributed by atoms with Gasteiger partial charge in [-0.15, -0.1) is 0 Å². The second-order valence-corrected chi connectivity index (χ2v) is 3.50. The number of aliphatic hydroxyl groups is 2. The third-order valence-electron chi connectivity index (χ3n) is 1.67. The van der Waals surface area contributed by atoms with Crippen LogP contribution in [0, 0.1) is 5.92 Å². The van der Waals surface area contributed by atoms with E-state index in [2.05, 4.69) is 18.7 Å². The quantitative estimate of drug-likeness (QED) is 0.585. The van der Waals surface area contributed by atoms with Crippen LogP contribution in [0.3, 0.4) is 0 Å². The second-order valence-electron chi connectivity index (χ2n) is 3.50. The Balaban J connectivity index is 3.54. The van der Waals surface area contributed by atoms with E-state index in [-0.39, 0.29) is 13.2 Å². The largest absolute Gasteiger partial charge is 0.396 e. The molecule has 0 unspecified atom stereocenters. The van der Waals surface area contributed by atoms with Gasteiger partial charge in [-0.1, -0.05) is 13.8 Å². The molecule has 0 saturated heterocycles. The van der Waals surface area contributed by atoms with Gasteiger partial charge in [-0.25, -0.2) is 0 Å². The van der Waals surface area contributed by atoms with E-state index in [0.29, 0.717) is 5.92 Å². The Hall–Kier alpha value is -0.120. The molecular weight excluding hydrogens is 154 g/mol. The van der Waals surface area contributed by atoms with Crippen LogP contribution in [0.5, 0.6) is 0 Å². The Bertz CT molecular complexity index is 96.5. The van der Waals surface area contributed by atoms with Crippen molar-refractivity contribution in [1.29, 1.82) is 0 Å². The molecule has 0 saturated carbocycles. The van der Waals surface area contributed by atoms with E-state index < -0.39 is 0 Å². The molecule has 0 atom stereocenters. The van der Waals surface area contributed by atoms with Crippen molar-refractivity contribution in [3.8, 4) is 0 Å². The van der Waals surface area contributed by atoms with Crippen molar-refractivity contribution in [3.63, 3.8) is 0 Å². The molecule has 2 N–H and O–H groups in total. The first-order valence-electron chi connectivity index (χ1n) is 4.64. The maximum absolute atomic E-state index is 8.74. The van der Waals surface area contributed by atoms with Crippen molar-refractivity contribution in [2.75, 3.05) is 32.8 Å². The molecule has 0 aromatic rings. The molecule has 0 spiro atoms. The normalized spacial score (nSPS) is 11.5. The van der Waals surface area contributed by atoms with E-state index in [4.69, 9.17) is 10.2 Å². The molecule has 74 valence electrons. The summed E-state index contributed by atoms with van der Waals surface area (Å²) >= 11 is 0. The lowest BCUT2D eigenvalue weighted by Crippen LogP contribution is -2.31. The maximum atomic E-state index is 8.74. The number of aliphatic hydroxyl groups excluding tert-OH is 2. The Labute approximate surface area is 75.0 Å². The van der Waals surface area contributed by atoms with Crippen LogP contribution in [0.2, 0.25) is 0 Å². The summed E-state index contributed by atoms with van der Waals surface area (Å²) in [4.78, 5) is 2.18. The van der Waals surface area contributed by atoms with E-state index >= 15 is 0 Å². The Morgan fingerprint density at radius 1 is 1.08 bits per heavy atom. The first-order chi connectivity index (χ1) is 5.70. The van der Waals surface area contributed by atoms with Crippen LogP contribution in [0.25, 0.3) is 0 Å². The summed E-state index contributed by atoms with van der Waals surface area (Å²) in [7, 11) is 0. The molecule has 0 bridgehead atoms. The topological polar surface area (TPSA) is 43.7 Å². The summed E-state index contributed by atoms with van der Waals surface area (Å²) in [5.74, 6) is 0.621. The van der Waals surface area contributed by atoms with Crippen LogP contribution in [-0.4, -0.2) is 48.0 Å². The van der Waals surface area contributed by atoms with Crippen LogP contribution in [0.4, 0.5) is 0 Å². The standard InChI is InChI=1S/C9H21NO2/c1-9(2)8-10(5-7-12)4-3-6-11/h9,11-12H,3-8H2,1-2H3. The van der Waals surface area contributed by atoms with Gasteiger partial charge in [0, 0.05) is 26.2 Å². The predicted molar refractivity (Wildman–Crippen MR) is 50.1 cm³/mol. The lowest BCUT2D eigenvalue weighted by atomic mass is 10.2. The van der Waals surface area contributed by atoms with Gasteiger partial charge < -0.3 is 15.1 Å². The molecule has 0 radical (unpaired) electrons. The van der Waals surface area contributed by atoms with Gasteiger partial charge in [0.1, 0.15) is 0 Å². The molecular formula is C9H21NO2. The van der Waals surface area contributed by atoms with E-state index in [9.17, 15) is 0 Å². The van der Waals surface area contributed by atoms with Gasteiger partial charge in [0.15, 0.2) is 0 Å². The van der Waals surface area contributed by atoms with Crippen LogP contribution < -0.4 is 0 Å². The van der Waals surface area contributed by atoms with E-state index in [1.165, 1.54) is 0 Å².